The summed E-state index contributed by atoms with van der Waals surface area (Å²) in [5.74, 6) is 0. The van der Waals surface area contributed by atoms with Gasteiger partial charge in [0.2, 0.25) is 0 Å². The molecule has 0 unspecified atom stereocenters. The maximum absolute atomic E-state index is 11.3. The van der Waals surface area contributed by atoms with Gasteiger partial charge in [0, 0.05) is 0 Å². The fraction of sp³-hybridized carbons (Fsp3) is 0.167. The van der Waals surface area contributed by atoms with Crippen molar-refractivity contribution < 1.29 is 4.92 Å². The first kappa shape index (κ1) is 13.5. The number of nitro benzene ring substituents is 1. The van der Waals surface area contributed by atoms with Crippen LogP contribution in [0.25, 0.3) is 0 Å². The number of nitrogens with zero attached hydrogens (tertiary/aromatic N) is 2. The topological polar surface area (TPSA) is 88.9 Å². The van der Waals surface area contributed by atoms with Crippen LogP contribution >= 0.6 is 0 Å². The number of rotatable bonds is 4. The predicted molar refractivity (Wildman–Crippen MR) is 71.8 cm³/mol. The van der Waals surface area contributed by atoms with Gasteiger partial charge in [-0.2, -0.15) is 0 Å². The average Bonchev–Trinajstić information content (AvgIpc) is 2.36. The van der Waals surface area contributed by atoms with E-state index in [9.17, 15) is 14.9 Å². The zero-order chi connectivity index (χ0) is 13.8. The van der Waals surface area contributed by atoms with Crippen molar-refractivity contribution in [2.75, 3.05) is 0 Å². The van der Waals surface area contributed by atoms with Gasteiger partial charge in [-0.05, 0) is 0 Å². The van der Waals surface area contributed by atoms with Crippen LogP contribution in [0.2, 0.25) is 0 Å². The third-order valence-corrected chi connectivity index (χ3v) is 4.35. The molecule has 0 bridgehead atoms. The summed E-state index contributed by atoms with van der Waals surface area (Å²) in [5.41, 5.74) is 1.63. The Morgan fingerprint density at radius 2 is 2.05 bits per heavy atom. The molecule has 1 aromatic carbocycles. The number of H-pyrrole nitrogens is 1. The molecular weight excluding hydrogens is 313 g/mol. The Balaban J connectivity index is 2.06. The second kappa shape index (κ2) is 5.77. The van der Waals surface area contributed by atoms with Gasteiger partial charge in [-0.3, -0.25) is 0 Å². The SMILES string of the molecule is Cc1cc(=O)[nH]c([Se]Cc2ccc([N+](=O)[O-])cc2)n1. The molecule has 0 fully saturated rings. The second-order valence-corrected chi connectivity index (χ2v) is 5.93. The van der Waals surface area contributed by atoms with E-state index in [-0.39, 0.29) is 26.2 Å². The first-order valence-electron chi connectivity index (χ1n) is 5.49. The Hall–Kier alpha value is -1.98. The Morgan fingerprint density at radius 1 is 1.37 bits per heavy atom. The Morgan fingerprint density at radius 3 is 2.63 bits per heavy atom. The van der Waals surface area contributed by atoms with Gasteiger partial charge in [0.1, 0.15) is 0 Å². The summed E-state index contributed by atoms with van der Waals surface area (Å²) in [6.07, 6.45) is 0. The van der Waals surface area contributed by atoms with E-state index in [1.54, 1.807) is 19.1 Å². The fourth-order valence-electron chi connectivity index (χ4n) is 1.49. The molecule has 98 valence electrons. The first-order valence-corrected chi connectivity index (χ1v) is 7.55. The van der Waals surface area contributed by atoms with Crippen molar-refractivity contribution in [3.05, 3.63) is 62.1 Å². The Kier molecular flexibility index (Phi) is 4.09. The molecule has 1 aromatic heterocycles. The molecule has 2 aromatic rings. The predicted octanol–water partition coefficient (Wildman–Crippen LogP) is 0.516. The van der Waals surface area contributed by atoms with Gasteiger partial charge < -0.3 is 0 Å². The van der Waals surface area contributed by atoms with Crippen LogP contribution in [0.4, 0.5) is 5.69 Å². The zero-order valence-corrected chi connectivity index (χ0v) is 11.8. The van der Waals surface area contributed by atoms with Gasteiger partial charge in [-0.25, -0.2) is 0 Å². The molecule has 2 rings (SSSR count). The van der Waals surface area contributed by atoms with Crippen LogP contribution in [0.1, 0.15) is 11.3 Å². The standard InChI is InChI=1S/C12H11N3O3Se/c1-8-6-11(16)14-12(13-8)19-7-9-2-4-10(5-3-9)15(17)18/h2-6H,7H2,1H3,(H,13,14,16). The minimum absolute atomic E-state index is 0.00130. The number of nitro groups is 1. The molecular formula is C12H11N3O3Se. The average molecular weight is 324 g/mol. The molecule has 0 spiro atoms. The van der Waals surface area contributed by atoms with Crippen LogP contribution in [0.15, 0.2) is 35.1 Å². The molecule has 0 atom stereocenters. The fourth-order valence-corrected chi connectivity index (χ4v) is 3.33. The number of aromatic amines is 1. The van der Waals surface area contributed by atoms with Crippen molar-refractivity contribution >= 4 is 25.4 Å². The summed E-state index contributed by atoms with van der Waals surface area (Å²) in [7, 11) is 0. The van der Waals surface area contributed by atoms with Crippen molar-refractivity contribution in [3.8, 4) is 0 Å². The first-order chi connectivity index (χ1) is 9.04. The number of nitrogens with one attached hydrogen (secondary N) is 1. The number of benzene rings is 1. The number of hydrogen-bond acceptors (Lipinski definition) is 4. The second-order valence-electron chi connectivity index (χ2n) is 3.90. The van der Waals surface area contributed by atoms with Gasteiger partial charge in [0.15, 0.2) is 0 Å². The number of aryl methyl sites for hydroxylation is 1. The number of hydrogen-bond donors (Lipinski definition) is 1. The van der Waals surface area contributed by atoms with Gasteiger partial charge in [0.25, 0.3) is 0 Å². The van der Waals surface area contributed by atoms with Crippen LogP contribution in [-0.2, 0) is 5.32 Å². The molecule has 0 aliphatic carbocycles. The monoisotopic (exact) mass is 325 g/mol. The summed E-state index contributed by atoms with van der Waals surface area (Å²) in [5, 5.41) is 11.3. The molecule has 1 N–H and O–H groups in total. The molecule has 0 aliphatic heterocycles. The van der Waals surface area contributed by atoms with Crippen molar-refractivity contribution in [3.63, 3.8) is 0 Å². The maximum atomic E-state index is 11.3. The van der Waals surface area contributed by atoms with E-state index < -0.39 is 4.92 Å². The normalized spacial score (nSPS) is 10.4. The van der Waals surface area contributed by atoms with Crippen LogP contribution in [0.3, 0.4) is 0 Å². The van der Waals surface area contributed by atoms with Crippen molar-refractivity contribution in [2.24, 2.45) is 0 Å². The summed E-state index contributed by atoms with van der Waals surface area (Å²) < 4.78 is 0.691. The molecule has 0 saturated heterocycles. The summed E-state index contributed by atoms with van der Waals surface area (Å²) in [4.78, 5) is 28.3. The van der Waals surface area contributed by atoms with Gasteiger partial charge in [-0.15, -0.1) is 0 Å². The van der Waals surface area contributed by atoms with E-state index in [1.165, 1.54) is 18.2 Å². The van der Waals surface area contributed by atoms with E-state index in [2.05, 4.69) is 9.97 Å². The molecule has 6 nitrogen and oxygen atoms in total. The van der Waals surface area contributed by atoms with Crippen molar-refractivity contribution in [1.29, 1.82) is 0 Å². The third-order valence-electron chi connectivity index (χ3n) is 2.37. The van der Waals surface area contributed by atoms with Crippen LogP contribution in [-0.4, -0.2) is 29.8 Å². The molecule has 19 heavy (non-hydrogen) atoms. The van der Waals surface area contributed by atoms with E-state index in [1.807, 2.05) is 0 Å². The van der Waals surface area contributed by atoms with Crippen LogP contribution < -0.4 is 10.3 Å². The number of aromatic nitrogens is 2. The summed E-state index contributed by atoms with van der Waals surface area (Å²) in [6, 6.07) is 7.88. The summed E-state index contributed by atoms with van der Waals surface area (Å²) >= 11 is 0.00130. The van der Waals surface area contributed by atoms with E-state index >= 15 is 0 Å². The molecule has 0 amide bonds. The van der Waals surface area contributed by atoms with E-state index in [4.69, 9.17) is 0 Å². The van der Waals surface area contributed by atoms with Gasteiger partial charge in [-0.1, -0.05) is 0 Å². The van der Waals surface area contributed by atoms with E-state index in [0.29, 0.717) is 10.4 Å². The Bertz CT molecular complexity index is 652. The molecule has 7 heteroatoms. The summed E-state index contributed by atoms with van der Waals surface area (Å²) in [6.45, 7) is 1.78. The third kappa shape index (κ3) is 3.74. The van der Waals surface area contributed by atoms with Crippen molar-refractivity contribution in [2.45, 2.75) is 12.2 Å². The minimum atomic E-state index is -0.422. The van der Waals surface area contributed by atoms with Crippen molar-refractivity contribution in [1.82, 2.24) is 9.97 Å². The van der Waals surface area contributed by atoms with Gasteiger partial charge >= 0.3 is 115 Å². The Labute approximate surface area is 115 Å². The van der Waals surface area contributed by atoms with Crippen LogP contribution in [0.5, 0.6) is 0 Å². The molecule has 0 aliphatic rings. The number of non-ortho nitro benzene ring substituents is 1. The molecule has 0 radical (unpaired) electrons. The molecule has 0 saturated carbocycles. The van der Waals surface area contributed by atoms with Crippen LogP contribution in [0, 0.1) is 17.0 Å². The zero-order valence-electron chi connectivity index (χ0n) is 10.1. The van der Waals surface area contributed by atoms with Gasteiger partial charge in [0.05, 0.1) is 0 Å². The van der Waals surface area contributed by atoms with E-state index in [0.717, 1.165) is 10.9 Å². The quantitative estimate of drug-likeness (QED) is 0.504. The molecule has 1 heterocycles.